The summed E-state index contributed by atoms with van der Waals surface area (Å²) in [4.78, 5) is 4.76. The molecule has 0 aliphatic rings. The Morgan fingerprint density at radius 1 is 1.12 bits per heavy atom. The van der Waals surface area contributed by atoms with Crippen LogP contribution in [0.4, 0.5) is 0 Å². The maximum absolute atomic E-state index is 5.94. The summed E-state index contributed by atoms with van der Waals surface area (Å²) >= 11 is 1.66. The van der Waals surface area contributed by atoms with Crippen LogP contribution in [0.1, 0.15) is 45.2 Å². The molecule has 0 radical (unpaired) electrons. The molecular weight excluding hydrogens is 320 g/mol. The second kappa shape index (κ2) is 7.99. The fourth-order valence-electron chi connectivity index (χ4n) is 2.45. The SMILES string of the molecule is CCOc1cc(C(C)(C)C)cc(-c2csc(CNC)n2)c1OCC. The molecule has 132 valence electrons. The zero-order valence-corrected chi connectivity index (χ0v) is 16.3. The summed E-state index contributed by atoms with van der Waals surface area (Å²) in [5.41, 5.74) is 3.19. The van der Waals surface area contributed by atoms with Gasteiger partial charge in [0.25, 0.3) is 0 Å². The average Bonchev–Trinajstić information content (AvgIpc) is 2.97. The van der Waals surface area contributed by atoms with E-state index < -0.39 is 0 Å². The van der Waals surface area contributed by atoms with Crippen molar-refractivity contribution in [2.75, 3.05) is 20.3 Å². The standard InChI is InChI=1S/C19H28N2O2S/c1-7-22-16-10-13(19(3,4)5)9-14(18(16)23-8-2)15-12-24-17(21-15)11-20-6/h9-10,12,20H,7-8,11H2,1-6H3. The molecular formula is C19H28N2O2S. The molecule has 1 N–H and O–H groups in total. The highest BCUT2D eigenvalue weighted by atomic mass is 32.1. The van der Waals surface area contributed by atoms with Gasteiger partial charge in [0.2, 0.25) is 0 Å². The van der Waals surface area contributed by atoms with Crippen LogP contribution >= 0.6 is 11.3 Å². The van der Waals surface area contributed by atoms with Crippen molar-refractivity contribution in [3.63, 3.8) is 0 Å². The highest BCUT2D eigenvalue weighted by Gasteiger charge is 2.22. The number of nitrogens with zero attached hydrogens (tertiary/aromatic N) is 1. The minimum Gasteiger partial charge on any atom is -0.490 e. The van der Waals surface area contributed by atoms with Crippen molar-refractivity contribution in [3.05, 3.63) is 28.1 Å². The zero-order valence-electron chi connectivity index (χ0n) is 15.5. The summed E-state index contributed by atoms with van der Waals surface area (Å²) in [6.45, 7) is 12.6. The van der Waals surface area contributed by atoms with E-state index in [1.54, 1.807) is 11.3 Å². The highest BCUT2D eigenvalue weighted by Crippen LogP contribution is 2.42. The van der Waals surface area contributed by atoms with Crippen molar-refractivity contribution in [1.82, 2.24) is 10.3 Å². The van der Waals surface area contributed by atoms with Crippen molar-refractivity contribution in [1.29, 1.82) is 0 Å². The van der Waals surface area contributed by atoms with Crippen LogP contribution in [0.3, 0.4) is 0 Å². The molecule has 0 saturated heterocycles. The molecule has 0 bridgehead atoms. The Balaban J connectivity index is 2.61. The molecule has 0 atom stereocenters. The fourth-order valence-corrected chi connectivity index (χ4v) is 3.25. The predicted molar refractivity (Wildman–Crippen MR) is 101 cm³/mol. The van der Waals surface area contributed by atoms with Gasteiger partial charge in [0.05, 0.1) is 18.9 Å². The second-order valence-corrected chi connectivity index (χ2v) is 7.57. The van der Waals surface area contributed by atoms with Gasteiger partial charge in [0, 0.05) is 17.5 Å². The van der Waals surface area contributed by atoms with Gasteiger partial charge < -0.3 is 14.8 Å². The van der Waals surface area contributed by atoms with Crippen molar-refractivity contribution in [2.24, 2.45) is 0 Å². The van der Waals surface area contributed by atoms with E-state index in [0.29, 0.717) is 13.2 Å². The third kappa shape index (κ3) is 4.28. The molecule has 0 unspecified atom stereocenters. The van der Waals surface area contributed by atoms with Crippen molar-refractivity contribution in [2.45, 2.75) is 46.6 Å². The lowest BCUT2D eigenvalue weighted by Crippen LogP contribution is -2.12. The minimum atomic E-state index is 0.0230. The van der Waals surface area contributed by atoms with Crippen LogP contribution in [-0.4, -0.2) is 25.2 Å². The third-order valence-corrected chi connectivity index (χ3v) is 4.51. The van der Waals surface area contributed by atoms with Gasteiger partial charge in [0.15, 0.2) is 11.5 Å². The second-order valence-electron chi connectivity index (χ2n) is 6.62. The number of thiazole rings is 1. The molecule has 0 amide bonds. The first kappa shape index (κ1) is 18.7. The molecule has 1 heterocycles. The molecule has 1 aromatic heterocycles. The summed E-state index contributed by atoms with van der Waals surface area (Å²) in [5.74, 6) is 1.58. The van der Waals surface area contributed by atoms with Gasteiger partial charge >= 0.3 is 0 Å². The maximum Gasteiger partial charge on any atom is 0.170 e. The quantitative estimate of drug-likeness (QED) is 0.792. The number of rotatable bonds is 7. The van der Waals surface area contributed by atoms with Gasteiger partial charge in [-0.05, 0) is 44.0 Å². The van der Waals surface area contributed by atoms with Crippen molar-refractivity contribution < 1.29 is 9.47 Å². The molecule has 2 rings (SSSR count). The van der Waals surface area contributed by atoms with Crippen LogP contribution in [0.5, 0.6) is 11.5 Å². The smallest absolute Gasteiger partial charge is 0.170 e. The van der Waals surface area contributed by atoms with Crippen molar-refractivity contribution >= 4 is 11.3 Å². The highest BCUT2D eigenvalue weighted by molar-refractivity contribution is 7.09. The van der Waals surface area contributed by atoms with Crippen LogP contribution in [0, 0.1) is 0 Å². The predicted octanol–water partition coefficient (Wildman–Crippen LogP) is 4.62. The van der Waals surface area contributed by atoms with Gasteiger partial charge in [-0.2, -0.15) is 0 Å². The number of nitrogens with one attached hydrogen (secondary N) is 1. The van der Waals surface area contributed by atoms with E-state index in [9.17, 15) is 0 Å². The molecule has 5 heteroatoms. The minimum absolute atomic E-state index is 0.0230. The van der Waals surface area contributed by atoms with Gasteiger partial charge in [-0.3, -0.25) is 0 Å². The molecule has 0 aliphatic carbocycles. The van der Waals surface area contributed by atoms with Crippen LogP contribution in [-0.2, 0) is 12.0 Å². The summed E-state index contributed by atoms with van der Waals surface area (Å²) in [5, 5.41) is 6.30. The normalized spacial score (nSPS) is 11.6. The summed E-state index contributed by atoms with van der Waals surface area (Å²) in [7, 11) is 1.93. The van der Waals surface area contributed by atoms with Gasteiger partial charge in [-0.1, -0.05) is 20.8 Å². The first-order valence-corrected chi connectivity index (χ1v) is 9.32. The van der Waals surface area contributed by atoms with E-state index in [4.69, 9.17) is 14.5 Å². The topological polar surface area (TPSA) is 43.4 Å². The summed E-state index contributed by atoms with van der Waals surface area (Å²) < 4.78 is 11.8. The zero-order chi connectivity index (χ0) is 17.7. The van der Waals surface area contributed by atoms with E-state index in [1.807, 2.05) is 20.9 Å². The Hall–Kier alpha value is -1.59. The lowest BCUT2D eigenvalue weighted by molar-refractivity contribution is 0.288. The Morgan fingerprint density at radius 2 is 1.83 bits per heavy atom. The van der Waals surface area contributed by atoms with E-state index in [-0.39, 0.29) is 5.41 Å². The number of ether oxygens (including phenoxy) is 2. The molecule has 0 aliphatic heterocycles. The maximum atomic E-state index is 5.94. The molecule has 0 saturated carbocycles. The number of benzene rings is 1. The monoisotopic (exact) mass is 348 g/mol. The Kier molecular flexibility index (Phi) is 6.24. The number of hydrogen-bond donors (Lipinski definition) is 1. The molecule has 24 heavy (non-hydrogen) atoms. The molecule has 1 aromatic carbocycles. The van der Waals surface area contributed by atoms with E-state index in [0.717, 1.165) is 34.3 Å². The van der Waals surface area contributed by atoms with Gasteiger partial charge in [-0.15, -0.1) is 11.3 Å². The third-order valence-electron chi connectivity index (χ3n) is 3.67. The molecule has 4 nitrogen and oxygen atoms in total. The van der Waals surface area contributed by atoms with Crippen molar-refractivity contribution in [3.8, 4) is 22.8 Å². The van der Waals surface area contributed by atoms with Gasteiger partial charge in [0.1, 0.15) is 5.01 Å². The molecule has 0 fully saturated rings. The Morgan fingerprint density at radius 3 is 2.42 bits per heavy atom. The van der Waals surface area contributed by atoms with Crippen LogP contribution in [0.2, 0.25) is 0 Å². The van der Waals surface area contributed by atoms with Crippen LogP contribution in [0.15, 0.2) is 17.5 Å². The van der Waals surface area contributed by atoms with Crippen LogP contribution < -0.4 is 14.8 Å². The summed E-state index contributed by atoms with van der Waals surface area (Å²) in [6.07, 6.45) is 0. The molecule has 0 spiro atoms. The van der Waals surface area contributed by atoms with Crippen LogP contribution in [0.25, 0.3) is 11.3 Å². The number of aromatic nitrogens is 1. The fraction of sp³-hybridized carbons (Fsp3) is 0.526. The largest absolute Gasteiger partial charge is 0.490 e. The van der Waals surface area contributed by atoms with Gasteiger partial charge in [-0.25, -0.2) is 4.98 Å². The Labute approximate surface area is 149 Å². The lowest BCUT2D eigenvalue weighted by Gasteiger charge is -2.23. The van der Waals surface area contributed by atoms with E-state index in [1.165, 1.54) is 5.56 Å². The average molecular weight is 349 g/mol. The lowest BCUT2D eigenvalue weighted by atomic mass is 9.85. The van der Waals surface area contributed by atoms with E-state index >= 15 is 0 Å². The first-order chi connectivity index (χ1) is 11.4. The Bertz CT molecular complexity index is 674. The van der Waals surface area contributed by atoms with E-state index in [2.05, 4.69) is 43.6 Å². The number of hydrogen-bond acceptors (Lipinski definition) is 5. The molecule has 2 aromatic rings. The summed E-state index contributed by atoms with van der Waals surface area (Å²) in [6, 6.07) is 4.28. The first-order valence-electron chi connectivity index (χ1n) is 8.44.